The molecule has 0 saturated heterocycles. The summed E-state index contributed by atoms with van der Waals surface area (Å²) in [5.74, 6) is -0.503. The van der Waals surface area contributed by atoms with Gasteiger partial charge in [-0.25, -0.2) is 0 Å². The maximum absolute atomic E-state index is 12.3. The van der Waals surface area contributed by atoms with Gasteiger partial charge in [-0.05, 0) is 38.5 Å². The zero-order valence-electron chi connectivity index (χ0n) is 11.9. The Morgan fingerprint density at radius 2 is 2.00 bits per heavy atom. The van der Waals surface area contributed by atoms with Crippen LogP contribution in [-0.2, 0) is 17.6 Å². The molecule has 1 aromatic rings. The highest BCUT2D eigenvalue weighted by atomic mass is 16.5. The molecule has 1 aromatic heterocycles. The number of carbonyl (C=O) groups excluding carboxylic acids is 1. The van der Waals surface area contributed by atoms with Crippen molar-refractivity contribution >= 4 is 11.9 Å². The number of carboxylic acids is 1. The number of nitrogens with zero attached hydrogens (tertiary/aromatic N) is 1. The van der Waals surface area contributed by atoms with Crippen LogP contribution in [0, 0.1) is 5.92 Å². The lowest BCUT2D eigenvalue weighted by Crippen LogP contribution is -2.34. The molecule has 21 heavy (non-hydrogen) atoms. The van der Waals surface area contributed by atoms with Crippen molar-refractivity contribution in [1.82, 2.24) is 10.5 Å². The summed E-state index contributed by atoms with van der Waals surface area (Å²) in [6, 6.07) is -0.0725. The van der Waals surface area contributed by atoms with Gasteiger partial charge in [-0.2, -0.15) is 0 Å². The summed E-state index contributed by atoms with van der Waals surface area (Å²) in [5, 5.41) is 15.8. The Bertz CT molecular complexity index is 552. The average molecular weight is 292 g/mol. The van der Waals surface area contributed by atoms with E-state index >= 15 is 0 Å². The molecule has 1 amide bonds. The summed E-state index contributed by atoms with van der Waals surface area (Å²) >= 11 is 0. The fraction of sp³-hybridized carbons (Fsp3) is 0.667. The summed E-state index contributed by atoms with van der Waals surface area (Å²) in [6.07, 6.45) is 6.80. The number of aryl methyl sites for hydroxylation is 1. The molecule has 2 aliphatic carbocycles. The number of carbonyl (C=O) groups is 2. The van der Waals surface area contributed by atoms with E-state index < -0.39 is 5.97 Å². The van der Waals surface area contributed by atoms with Gasteiger partial charge in [0.05, 0.1) is 5.92 Å². The highest BCUT2D eigenvalue weighted by Gasteiger charge is 2.32. The molecule has 1 saturated carbocycles. The Balaban J connectivity index is 1.66. The summed E-state index contributed by atoms with van der Waals surface area (Å²) < 4.78 is 5.31. The Labute approximate surface area is 122 Å². The van der Waals surface area contributed by atoms with Crippen LogP contribution in [0.3, 0.4) is 0 Å². The lowest BCUT2D eigenvalue weighted by Gasteiger charge is -2.11. The van der Waals surface area contributed by atoms with Gasteiger partial charge in [0.2, 0.25) is 0 Å². The first-order valence-corrected chi connectivity index (χ1v) is 7.66. The van der Waals surface area contributed by atoms with Gasteiger partial charge in [0, 0.05) is 18.0 Å². The van der Waals surface area contributed by atoms with E-state index in [-0.39, 0.29) is 17.9 Å². The van der Waals surface area contributed by atoms with Gasteiger partial charge in [-0.15, -0.1) is 0 Å². The Hall–Kier alpha value is -1.85. The van der Waals surface area contributed by atoms with Crippen molar-refractivity contribution in [2.24, 2.45) is 5.92 Å². The Kier molecular flexibility index (Phi) is 3.94. The highest BCUT2D eigenvalue weighted by Crippen LogP contribution is 2.27. The SMILES string of the molecule is O=C(N[C@@H]1CC[C@H](C(=O)O)C1)c1noc2c1CCCCC2. The van der Waals surface area contributed by atoms with E-state index in [2.05, 4.69) is 10.5 Å². The van der Waals surface area contributed by atoms with Crippen molar-refractivity contribution in [1.29, 1.82) is 0 Å². The van der Waals surface area contributed by atoms with E-state index in [4.69, 9.17) is 9.63 Å². The summed E-state index contributed by atoms with van der Waals surface area (Å²) in [4.78, 5) is 23.3. The molecular formula is C15H20N2O4. The number of carboxylic acid groups (broad SMARTS) is 1. The molecule has 0 aromatic carbocycles. The fourth-order valence-corrected chi connectivity index (χ4v) is 3.33. The first-order chi connectivity index (χ1) is 10.1. The summed E-state index contributed by atoms with van der Waals surface area (Å²) in [5.41, 5.74) is 1.34. The molecule has 6 heteroatoms. The monoisotopic (exact) mass is 292 g/mol. The molecule has 3 rings (SSSR count). The summed E-state index contributed by atoms with van der Waals surface area (Å²) in [6.45, 7) is 0. The van der Waals surface area contributed by atoms with E-state index in [9.17, 15) is 9.59 Å². The van der Waals surface area contributed by atoms with Gasteiger partial charge >= 0.3 is 5.97 Å². The molecular weight excluding hydrogens is 272 g/mol. The molecule has 1 fully saturated rings. The van der Waals surface area contributed by atoms with Crippen LogP contribution in [0.4, 0.5) is 0 Å². The van der Waals surface area contributed by atoms with E-state index in [0.29, 0.717) is 25.0 Å². The zero-order chi connectivity index (χ0) is 14.8. The molecule has 2 aliphatic rings. The fourth-order valence-electron chi connectivity index (χ4n) is 3.33. The third kappa shape index (κ3) is 2.94. The molecule has 0 bridgehead atoms. The predicted molar refractivity (Wildman–Crippen MR) is 74.0 cm³/mol. The molecule has 0 radical (unpaired) electrons. The standard InChI is InChI=1S/C15H20N2O4/c18-14(16-10-7-6-9(8-10)15(19)20)13-11-4-2-1-3-5-12(11)21-17-13/h9-10H,1-8H2,(H,16,18)(H,19,20)/t9-,10+/m0/s1. The molecule has 0 unspecified atom stereocenters. The maximum atomic E-state index is 12.3. The first-order valence-electron chi connectivity index (χ1n) is 7.66. The number of rotatable bonds is 3. The normalized spacial score (nSPS) is 25.1. The maximum Gasteiger partial charge on any atom is 0.306 e. The number of nitrogens with one attached hydrogen (secondary N) is 1. The van der Waals surface area contributed by atoms with Crippen LogP contribution in [0.25, 0.3) is 0 Å². The molecule has 2 atom stereocenters. The molecule has 0 aliphatic heterocycles. The van der Waals surface area contributed by atoms with Gasteiger partial charge in [-0.1, -0.05) is 11.6 Å². The van der Waals surface area contributed by atoms with E-state index in [1.165, 1.54) is 0 Å². The second-order valence-corrected chi connectivity index (χ2v) is 6.01. The van der Waals surface area contributed by atoms with Crippen molar-refractivity contribution in [3.8, 4) is 0 Å². The number of amides is 1. The van der Waals surface area contributed by atoms with E-state index in [1.807, 2.05) is 0 Å². The topological polar surface area (TPSA) is 92.4 Å². The number of aromatic nitrogens is 1. The van der Waals surface area contributed by atoms with Gasteiger partial charge in [0.1, 0.15) is 5.76 Å². The number of hydrogen-bond donors (Lipinski definition) is 2. The Morgan fingerprint density at radius 1 is 1.19 bits per heavy atom. The third-order valence-electron chi connectivity index (χ3n) is 4.53. The number of aliphatic carboxylic acids is 1. The van der Waals surface area contributed by atoms with Crippen molar-refractivity contribution in [3.05, 3.63) is 17.0 Å². The van der Waals surface area contributed by atoms with E-state index in [1.54, 1.807) is 0 Å². The van der Waals surface area contributed by atoms with Crippen LogP contribution in [0.15, 0.2) is 4.52 Å². The minimum Gasteiger partial charge on any atom is -0.481 e. The van der Waals surface area contributed by atoms with Crippen molar-refractivity contribution in [3.63, 3.8) is 0 Å². The van der Waals surface area contributed by atoms with Crippen LogP contribution in [0.2, 0.25) is 0 Å². The second-order valence-electron chi connectivity index (χ2n) is 6.01. The minimum absolute atomic E-state index is 0.0725. The van der Waals surface area contributed by atoms with Crippen molar-refractivity contribution in [2.45, 2.75) is 57.4 Å². The van der Waals surface area contributed by atoms with Crippen LogP contribution in [-0.4, -0.2) is 28.2 Å². The Morgan fingerprint density at radius 3 is 2.76 bits per heavy atom. The largest absolute Gasteiger partial charge is 0.481 e. The lowest BCUT2D eigenvalue weighted by molar-refractivity contribution is -0.141. The molecule has 1 heterocycles. The highest BCUT2D eigenvalue weighted by molar-refractivity contribution is 5.94. The van der Waals surface area contributed by atoms with E-state index in [0.717, 1.165) is 43.4 Å². The van der Waals surface area contributed by atoms with Gasteiger partial charge in [0.25, 0.3) is 5.91 Å². The van der Waals surface area contributed by atoms with Gasteiger partial charge in [-0.3, -0.25) is 9.59 Å². The smallest absolute Gasteiger partial charge is 0.306 e. The lowest BCUT2D eigenvalue weighted by atomic mass is 10.1. The van der Waals surface area contributed by atoms with Crippen LogP contribution in [0.1, 0.15) is 60.3 Å². The van der Waals surface area contributed by atoms with Crippen LogP contribution < -0.4 is 5.32 Å². The zero-order valence-corrected chi connectivity index (χ0v) is 11.9. The first kappa shape index (κ1) is 14.1. The van der Waals surface area contributed by atoms with Crippen molar-refractivity contribution < 1.29 is 19.2 Å². The molecule has 2 N–H and O–H groups in total. The summed E-state index contributed by atoms with van der Waals surface area (Å²) in [7, 11) is 0. The molecule has 114 valence electrons. The second kappa shape index (κ2) is 5.87. The predicted octanol–water partition coefficient (Wildman–Crippen LogP) is 1.93. The average Bonchev–Trinajstić information content (AvgIpc) is 3.01. The third-order valence-corrected chi connectivity index (χ3v) is 4.53. The molecule has 0 spiro atoms. The van der Waals surface area contributed by atoms with Crippen LogP contribution in [0.5, 0.6) is 0 Å². The van der Waals surface area contributed by atoms with Gasteiger partial charge < -0.3 is 14.9 Å². The number of hydrogen-bond acceptors (Lipinski definition) is 4. The minimum atomic E-state index is -0.776. The molecule has 6 nitrogen and oxygen atoms in total. The van der Waals surface area contributed by atoms with Crippen LogP contribution >= 0.6 is 0 Å². The quantitative estimate of drug-likeness (QED) is 0.830. The number of fused-ring (bicyclic) bond motifs is 1. The van der Waals surface area contributed by atoms with Crippen molar-refractivity contribution in [2.75, 3.05) is 0 Å². The van der Waals surface area contributed by atoms with Gasteiger partial charge in [0.15, 0.2) is 5.69 Å².